The van der Waals surface area contributed by atoms with Crippen molar-refractivity contribution in [2.75, 3.05) is 19.6 Å². The van der Waals surface area contributed by atoms with Gasteiger partial charge in [0.25, 0.3) is 5.89 Å². The molecule has 3 saturated heterocycles. The fourth-order valence-corrected chi connectivity index (χ4v) is 3.58. The minimum absolute atomic E-state index is 0.0887. The maximum atomic E-state index is 12.4. The molecule has 0 spiro atoms. The Morgan fingerprint density at radius 2 is 2.04 bits per heavy atom. The first-order valence-corrected chi connectivity index (χ1v) is 8.22. The van der Waals surface area contributed by atoms with Crippen molar-refractivity contribution >= 4 is 5.91 Å². The zero-order chi connectivity index (χ0) is 16.5. The summed E-state index contributed by atoms with van der Waals surface area (Å²) in [5.74, 6) is 0.921. The Labute approximate surface area is 140 Å². The monoisotopic (exact) mass is 322 g/mol. The zero-order valence-corrected chi connectivity index (χ0v) is 13.2. The van der Waals surface area contributed by atoms with Crippen molar-refractivity contribution < 1.29 is 9.21 Å². The van der Waals surface area contributed by atoms with Gasteiger partial charge >= 0.3 is 5.91 Å². The predicted octanol–water partition coefficient (Wildman–Crippen LogP) is 2.04. The van der Waals surface area contributed by atoms with E-state index in [1.165, 1.54) is 0 Å². The number of benzene rings is 1. The number of amides is 1. The molecule has 3 fully saturated rings. The van der Waals surface area contributed by atoms with Crippen LogP contribution >= 0.6 is 0 Å². The lowest BCUT2D eigenvalue weighted by Gasteiger charge is -2.44. The van der Waals surface area contributed by atoms with E-state index in [2.05, 4.69) is 21.3 Å². The average molecular weight is 322 g/mol. The van der Waals surface area contributed by atoms with Gasteiger partial charge in [0.05, 0.1) is 17.8 Å². The minimum atomic E-state index is -0.256. The highest BCUT2D eigenvalue weighted by molar-refractivity contribution is 5.90. The minimum Gasteiger partial charge on any atom is -0.432 e. The largest absolute Gasteiger partial charge is 0.432 e. The number of hydrogen-bond acceptors (Lipinski definition) is 5. The number of nitrogens with one attached hydrogen (secondary N) is 1. The van der Waals surface area contributed by atoms with Gasteiger partial charge in [0.15, 0.2) is 5.76 Å². The third-order valence-electron chi connectivity index (χ3n) is 4.97. The van der Waals surface area contributed by atoms with Gasteiger partial charge in [0, 0.05) is 18.2 Å². The second-order valence-electron chi connectivity index (χ2n) is 6.44. The number of fused-ring (bicyclic) bond motifs is 3. The first kappa shape index (κ1) is 14.9. The molecule has 1 atom stereocenters. The number of rotatable bonds is 3. The molecule has 2 aromatic rings. The van der Waals surface area contributed by atoms with Crippen LogP contribution in [0.2, 0.25) is 0 Å². The molecule has 1 aromatic carbocycles. The summed E-state index contributed by atoms with van der Waals surface area (Å²) in [6, 6.07) is 9.26. The Hall–Kier alpha value is -2.65. The molecule has 3 aliphatic rings. The molecule has 1 amide bonds. The van der Waals surface area contributed by atoms with Gasteiger partial charge in [-0.25, -0.2) is 4.98 Å². The van der Waals surface area contributed by atoms with Gasteiger partial charge in [0.1, 0.15) is 0 Å². The summed E-state index contributed by atoms with van der Waals surface area (Å²) in [6.07, 6.45) is 3.84. The van der Waals surface area contributed by atoms with Crippen molar-refractivity contribution in [1.82, 2.24) is 15.2 Å². The molecular formula is C18H18N4O2. The lowest BCUT2D eigenvalue weighted by atomic mass is 9.84. The van der Waals surface area contributed by atoms with E-state index in [9.17, 15) is 4.79 Å². The van der Waals surface area contributed by atoms with E-state index in [4.69, 9.17) is 9.68 Å². The van der Waals surface area contributed by atoms with E-state index < -0.39 is 0 Å². The van der Waals surface area contributed by atoms with Crippen molar-refractivity contribution in [1.29, 1.82) is 5.26 Å². The van der Waals surface area contributed by atoms with Crippen LogP contribution in [0.25, 0.3) is 11.3 Å². The molecule has 0 radical (unpaired) electrons. The van der Waals surface area contributed by atoms with E-state index in [-0.39, 0.29) is 17.8 Å². The maximum Gasteiger partial charge on any atom is 0.307 e. The SMILES string of the molecule is N#Cc1ccc(-c2cnc(C(=O)N[C@H]3CN4CCC3CC4)o2)cc1. The Bertz CT molecular complexity index is 782. The summed E-state index contributed by atoms with van der Waals surface area (Å²) in [5.41, 5.74) is 1.38. The molecule has 4 heterocycles. The normalized spacial score (nSPS) is 25.2. The number of carbonyl (C=O) groups is 1. The Balaban J connectivity index is 1.46. The van der Waals surface area contributed by atoms with Crippen molar-refractivity contribution in [2.45, 2.75) is 18.9 Å². The molecule has 122 valence electrons. The molecule has 6 heteroatoms. The number of carbonyl (C=O) groups excluding carboxylic acids is 1. The lowest BCUT2D eigenvalue weighted by molar-refractivity contribution is 0.0602. The molecule has 2 bridgehead atoms. The van der Waals surface area contributed by atoms with E-state index >= 15 is 0 Å². The molecule has 1 N–H and O–H groups in total. The van der Waals surface area contributed by atoms with E-state index in [1.807, 2.05) is 0 Å². The Kier molecular flexibility index (Phi) is 3.79. The summed E-state index contributed by atoms with van der Waals surface area (Å²) in [4.78, 5) is 18.9. The standard InChI is InChI=1S/C18H18N4O2/c19-9-12-1-3-14(4-2-12)16-10-20-18(24-16)17(23)21-15-11-22-7-5-13(15)6-8-22/h1-4,10,13,15H,5-8,11H2,(H,21,23)/t15-/m0/s1. The van der Waals surface area contributed by atoms with Crippen molar-refractivity contribution in [2.24, 2.45) is 5.92 Å². The van der Waals surface area contributed by atoms with Gasteiger partial charge in [-0.05, 0) is 56.1 Å². The third kappa shape index (κ3) is 2.79. The molecule has 5 rings (SSSR count). The van der Waals surface area contributed by atoms with Crippen LogP contribution in [0.3, 0.4) is 0 Å². The van der Waals surface area contributed by atoms with E-state index in [0.29, 0.717) is 17.2 Å². The summed E-state index contributed by atoms with van der Waals surface area (Å²) in [7, 11) is 0. The highest BCUT2D eigenvalue weighted by atomic mass is 16.4. The second-order valence-corrected chi connectivity index (χ2v) is 6.44. The first-order valence-electron chi connectivity index (χ1n) is 8.22. The second kappa shape index (κ2) is 6.10. The topological polar surface area (TPSA) is 82.2 Å². The summed E-state index contributed by atoms with van der Waals surface area (Å²) in [5, 5.41) is 11.9. The van der Waals surface area contributed by atoms with Crippen LogP contribution < -0.4 is 5.32 Å². The molecule has 0 unspecified atom stereocenters. The molecule has 0 saturated carbocycles. The molecule has 1 aromatic heterocycles. The third-order valence-corrected chi connectivity index (χ3v) is 4.97. The van der Waals surface area contributed by atoms with Crippen molar-refractivity contribution in [3.63, 3.8) is 0 Å². The van der Waals surface area contributed by atoms with E-state index in [1.54, 1.807) is 30.5 Å². The van der Waals surface area contributed by atoms with Crippen LogP contribution in [0.4, 0.5) is 0 Å². The highest BCUT2D eigenvalue weighted by Crippen LogP contribution is 2.28. The lowest BCUT2D eigenvalue weighted by Crippen LogP contribution is -2.57. The van der Waals surface area contributed by atoms with Gasteiger partial charge < -0.3 is 14.6 Å². The fraction of sp³-hybridized carbons (Fsp3) is 0.389. The van der Waals surface area contributed by atoms with Crippen LogP contribution in [0.1, 0.15) is 29.1 Å². The Morgan fingerprint density at radius 3 is 2.67 bits per heavy atom. The number of aromatic nitrogens is 1. The van der Waals surface area contributed by atoms with Gasteiger partial charge in [-0.15, -0.1) is 0 Å². The Morgan fingerprint density at radius 1 is 1.29 bits per heavy atom. The summed E-state index contributed by atoms with van der Waals surface area (Å²) >= 11 is 0. The fourth-order valence-electron chi connectivity index (χ4n) is 3.58. The highest BCUT2D eigenvalue weighted by Gasteiger charge is 2.35. The average Bonchev–Trinajstić information content (AvgIpc) is 3.13. The van der Waals surface area contributed by atoms with Crippen molar-refractivity contribution in [3.05, 3.63) is 41.9 Å². The van der Waals surface area contributed by atoms with Crippen LogP contribution in [0, 0.1) is 17.2 Å². The quantitative estimate of drug-likeness (QED) is 0.935. The predicted molar refractivity (Wildman–Crippen MR) is 87.1 cm³/mol. The summed E-state index contributed by atoms with van der Waals surface area (Å²) < 4.78 is 5.61. The van der Waals surface area contributed by atoms with Gasteiger partial charge in [-0.2, -0.15) is 5.26 Å². The van der Waals surface area contributed by atoms with Crippen molar-refractivity contribution in [3.8, 4) is 17.4 Å². The molecule has 3 aliphatic heterocycles. The molecular weight excluding hydrogens is 304 g/mol. The van der Waals surface area contributed by atoms with Gasteiger partial charge in [-0.1, -0.05) is 0 Å². The van der Waals surface area contributed by atoms with Crippen LogP contribution in [-0.4, -0.2) is 41.5 Å². The summed E-state index contributed by atoms with van der Waals surface area (Å²) in [6.45, 7) is 3.19. The van der Waals surface area contributed by atoms with Gasteiger partial charge in [-0.3, -0.25) is 4.79 Å². The molecule has 24 heavy (non-hydrogen) atoms. The zero-order valence-electron chi connectivity index (χ0n) is 13.2. The maximum absolute atomic E-state index is 12.4. The number of oxazole rings is 1. The number of nitrogens with zero attached hydrogens (tertiary/aromatic N) is 3. The van der Waals surface area contributed by atoms with Crippen LogP contribution in [0.5, 0.6) is 0 Å². The smallest absolute Gasteiger partial charge is 0.307 e. The van der Waals surface area contributed by atoms with Crippen LogP contribution in [-0.2, 0) is 0 Å². The van der Waals surface area contributed by atoms with Gasteiger partial charge in [0.2, 0.25) is 0 Å². The van der Waals surface area contributed by atoms with E-state index in [0.717, 1.165) is 38.0 Å². The number of hydrogen-bond donors (Lipinski definition) is 1. The number of piperidine rings is 3. The molecule has 6 nitrogen and oxygen atoms in total. The first-order chi connectivity index (χ1) is 11.7. The number of nitriles is 1. The van der Waals surface area contributed by atoms with Crippen LogP contribution in [0.15, 0.2) is 34.9 Å². The molecule has 0 aliphatic carbocycles.